The number of fused-ring (bicyclic) bond motifs is 1. The first-order chi connectivity index (χ1) is 17.1. The molecule has 1 saturated heterocycles. The van der Waals surface area contributed by atoms with Crippen molar-refractivity contribution in [1.82, 2.24) is 9.97 Å². The van der Waals surface area contributed by atoms with Gasteiger partial charge in [-0.05, 0) is 30.5 Å². The fourth-order valence-corrected chi connectivity index (χ4v) is 4.70. The molecule has 1 aliphatic heterocycles. The standard InChI is InChI=1S/C26H25FN6O2/c1-2-32(22-13-7-9-19-8-3-4-10-20(19)22)26-24(33(34)35)25(28-18-29-26)31-16-14-30(15-17-31)23-12-6-5-11-21(23)27/h3-13,18H,2,14-17H2,1H3. The number of piperazine rings is 1. The van der Waals surface area contributed by atoms with Crippen molar-refractivity contribution in [2.24, 2.45) is 0 Å². The Labute approximate surface area is 202 Å². The van der Waals surface area contributed by atoms with Crippen molar-refractivity contribution >= 4 is 39.5 Å². The number of hydrogen-bond donors (Lipinski definition) is 0. The highest BCUT2D eigenvalue weighted by molar-refractivity contribution is 5.96. The molecule has 1 aliphatic rings. The number of halogens is 1. The number of aromatic nitrogens is 2. The number of nitro groups is 1. The molecule has 0 saturated carbocycles. The topological polar surface area (TPSA) is 78.6 Å². The molecule has 0 spiro atoms. The van der Waals surface area contributed by atoms with Crippen LogP contribution in [-0.2, 0) is 0 Å². The second kappa shape index (κ2) is 9.54. The molecule has 0 bridgehead atoms. The van der Waals surface area contributed by atoms with Crippen molar-refractivity contribution in [3.05, 3.63) is 89.0 Å². The summed E-state index contributed by atoms with van der Waals surface area (Å²) in [6.45, 7) is 4.45. The van der Waals surface area contributed by atoms with Gasteiger partial charge in [0.1, 0.15) is 12.1 Å². The van der Waals surface area contributed by atoms with Gasteiger partial charge >= 0.3 is 5.69 Å². The van der Waals surface area contributed by atoms with Crippen LogP contribution < -0.4 is 14.7 Å². The third-order valence-corrected chi connectivity index (χ3v) is 6.37. The molecule has 178 valence electrons. The molecule has 8 nitrogen and oxygen atoms in total. The summed E-state index contributed by atoms with van der Waals surface area (Å²) < 4.78 is 14.2. The predicted molar refractivity (Wildman–Crippen MR) is 136 cm³/mol. The summed E-state index contributed by atoms with van der Waals surface area (Å²) in [7, 11) is 0. The molecule has 0 N–H and O–H groups in total. The molecule has 0 aliphatic carbocycles. The van der Waals surface area contributed by atoms with Crippen LogP contribution in [0.1, 0.15) is 6.92 Å². The highest BCUT2D eigenvalue weighted by Gasteiger charge is 2.32. The molecule has 0 atom stereocenters. The van der Waals surface area contributed by atoms with Crippen molar-refractivity contribution < 1.29 is 9.31 Å². The summed E-state index contributed by atoms with van der Waals surface area (Å²) in [5.41, 5.74) is 1.27. The van der Waals surface area contributed by atoms with Crippen LogP contribution in [0.5, 0.6) is 0 Å². The average molecular weight is 473 g/mol. The first-order valence-electron chi connectivity index (χ1n) is 11.6. The van der Waals surface area contributed by atoms with Gasteiger partial charge in [0.25, 0.3) is 0 Å². The van der Waals surface area contributed by atoms with Crippen LogP contribution in [0.15, 0.2) is 73.1 Å². The van der Waals surface area contributed by atoms with Crippen LogP contribution in [0.4, 0.5) is 33.1 Å². The summed E-state index contributed by atoms with van der Waals surface area (Å²) in [4.78, 5) is 26.3. The minimum atomic E-state index is -0.401. The van der Waals surface area contributed by atoms with Gasteiger partial charge in [0, 0.05) is 38.1 Å². The first kappa shape index (κ1) is 22.5. The Hall–Kier alpha value is -4.27. The SMILES string of the molecule is CCN(c1ncnc(N2CCN(c3ccccc3F)CC2)c1[N+](=O)[O-])c1cccc2ccccc12. The van der Waals surface area contributed by atoms with Gasteiger partial charge in [0.05, 0.1) is 16.3 Å². The lowest BCUT2D eigenvalue weighted by Crippen LogP contribution is -2.47. The lowest BCUT2D eigenvalue weighted by molar-refractivity contribution is -0.383. The number of para-hydroxylation sites is 1. The van der Waals surface area contributed by atoms with Gasteiger partial charge in [-0.25, -0.2) is 14.4 Å². The van der Waals surface area contributed by atoms with E-state index in [9.17, 15) is 14.5 Å². The van der Waals surface area contributed by atoms with E-state index in [1.807, 2.05) is 64.1 Å². The van der Waals surface area contributed by atoms with E-state index in [0.29, 0.717) is 38.4 Å². The van der Waals surface area contributed by atoms with Gasteiger partial charge in [0.15, 0.2) is 0 Å². The van der Waals surface area contributed by atoms with E-state index in [1.54, 1.807) is 18.2 Å². The molecule has 5 rings (SSSR count). The Balaban J connectivity index is 1.50. The summed E-state index contributed by atoms with van der Waals surface area (Å²) in [6.07, 6.45) is 1.38. The molecule has 3 aromatic carbocycles. The highest BCUT2D eigenvalue weighted by atomic mass is 19.1. The smallest absolute Gasteiger partial charge is 0.353 e. The molecule has 9 heteroatoms. The molecular formula is C26H25FN6O2. The monoisotopic (exact) mass is 472 g/mol. The molecular weight excluding hydrogens is 447 g/mol. The average Bonchev–Trinajstić information content (AvgIpc) is 2.89. The van der Waals surface area contributed by atoms with Crippen LogP contribution in [0, 0.1) is 15.9 Å². The van der Waals surface area contributed by atoms with E-state index >= 15 is 0 Å². The lowest BCUT2D eigenvalue weighted by atomic mass is 10.1. The lowest BCUT2D eigenvalue weighted by Gasteiger charge is -2.36. The first-order valence-corrected chi connectivity index (χ1v) is 11.6. The van der Waals surface area contributed by atoms with E-state index in [4.69, 9.17) is 0 Å². The Morgan fingerprint density at radius 3 is 2.37 bits per heavy atom. The molecule has 1 fully saturated rings. The highest BCUT2D eigenvalue weighted by Crippen LogP contribution is 2.40. The van der Waals surface area contributed by atoms with Gasteiger partial charge in [-0.1, -0.05) is 48.5 Å². The van der Waals surface area contributed by atoms with Crippen LogP contribution in [0.25, 0.3) is 10.8 Å². The van der Waals surface area contributed by atoms with E-state index in [2.05, 4.69) is 9.97 Å². The fourth-order valence-electron chi connectivity index (χ4n) is 4.70. The third kappa shape index (κ3) is 4.21. The number of benzene rings is 3. The maximum atomic E-state index is 14.2. The quantitative estimate of drug-likeness (QED) is 0.283. The van der Waals surface area contributed by atoms with Gasteiger partial charge in [-0.3, -0.25) is 10.1 Å². The summed E-state index contributed by atoms with van der Waals surface area (Å²) in [5, 5.41) is 14.4. The number of rotatable bonds is 6. The number of anilines is 4. The maximum Gasteiger partial charge on any atom is 0.353 e. The molecule has 1 aromatic heterocycles. The fraction of sp³-hybridized carbons (Fsp3) is 0.231. The predicted octanol–water partition coefficient (Wildman–Crippen LogP) is 5.16. The normalized spacial score (nSPS) is 13.8. The molecule has 0 unspecified atom stereocenters. The Kier molecular flexibility index (Phi) is 6.13. The van der Waals surface area contributed by atoms with E-state index in [1.165, 1.54) is 12.4 Å². The zero-order valence-electron chi connectivity index (χ0n) is 19.3. The van der Waals surface area contributed by atoms with Crippen molar-refractivity contribution in [1.29, 1.82) is 0 Å². The number of hydrogen-bond acceptors (Lipinski definition) is 7. The summed E-state index contributed by atoms with van der Waals surface area (Å²) in [5.74, 6) is 0.271. The molecule has 2 heterocycles. The van der Waals surface area contributed by atoms with Gasteiger partial charge < -0.3 is 14.7 Å². The van der Waals surface area contributed by atoms with E-state index in [0.717, 1.165) is 16.5 Å². The van der Waals surface area contributed by atoms with Crippen molar-refractivity contribution in [3.63, 3.8) is 0 Å². The van der Waals surface area contributed by atoms with Crippen LogP contribution >= 0.6 is 0 Å². The minimum Gasteiger partial charge on any atom is -0.366 e. The van der Waals surface area contributed by atoms with Crippen LogP contribution in [0.2, 0.25) is 0 Å². The van der Waals surface area contributed by atoms with E-state index < -0.39 is 4.92 Å². The zero-order valence-corrected chi connectivity index (χ0v) is 19.3. The second-order valence-electron chi connectivity index (χ2n) is 8.29. The van der Waals surface area contributed by atoms with Crippen LogP contribution in [0.3, 0.4) is 0 Å². The molecule has 35 heavy (non-hydrogen) atoms. The second-order valence-corrected chi connectivity index (χ2v) is 8.29. The number of nitrogens with zero attached hydrogens (tertiary/aromatic N) is 6. The largest absolute Gasteiger partial charge is 0.366 e. The molecule has 0 amide bonds. The van der Waals surface area contributed by atoms with Crippen LogP contribution in [-0.4, -0.2) is 47.6 Å². The van der Waals surface area contributed by atoms with Crippen molar-refractivity contribution in [2.75, 3.05) is 47.4 Å². The summed E-state index contributed by atoms with van der Waals surface area (Å²) in [6, 6.07) is 20.5. The van der Waals surface area contributed by atoms with Gasteiger partial charge in [-0.15, -0.1) is 0 Å². The molecule has 0 radical (unpaired) electrons. The Morgan fingerprint density at radius 1 is 0.943 bits per heavy atom. The van der Waals surface area contributed by atoms with Crippen molar-refractivity contribution in [3.8, 4) is 0 Å². The van der Waals surface area contributed by atoms with Crippen molar-refractivity contribution in [2.45, 2.75) is 6.92 Å². The zero-order chi connectivity index (χ0) is 24.4. The Bertz CT molecular complexity index is 1370. The molecule has 4 aromatic rings. The minimum absolute atomic E-state index is 0.123. The maximum absolute atomic E-state index is 14.2. The van der Waals surface area contributed by atoms with Gasteiger partial charge in [0.2, 0.25) is 11.6 Å². The Morgan fingerprint density at radius 2 is 1.63 bits per heavy atom. The van der Waals surface area contributed by atoms with Gasteiger partial charge in [-0.2, -0.15) is 0 Å². The van der Waals surface area contributed by atoms with E-state index in [-0.39, 0.29) is 23.1 Å². The third-order valence-electron chi connectivity index (χ3n) is 6.37. The summed E-state index contributed by atoms with van der Waals surface area (Å²) >= 11 is 0.